The van der Waals surface area contributed by atoms with E-state index in [1.54, 1.807) is 24.3 Å². The van der Waals surface area contributed by atoms with Crippen molar-refractivity contribution in [3.05, 3.63) is 35.9 Å². The molecule has 2 rings (SSSR count). The van der Waals surface area contributed by atoms with Gasteiger partial charge in [0.15, 0.2) is 0 Å². The lowest BCUT2D eigenvalue weighted by molar-refractivity contribution is 0.0314. The summed E-state index contributed by atoms with van der Waals surface area (Å²) in [5.74, 6) is -0.0786. The predicted molar refractivity (Wildman–Crippen MR) is 67.5 cm³/mol. The van der Waals surface area contributed by atoms with Gasteiger partial charge in [0.2, 0.25) is 10.0 Å². The highest BCUT2D eigenvalue weighted by molar-refractivity contribution is 7.88. The Bertz CT molecular complexity index is 480. The number of sulfonamides is 1. The van der Waals surface area contributed by atoms with Gasteiger partial charge in [-0.25, -0.2) is 13.1 Å². The van der Waals surface area contributed by atoms with Crippen LogP contribution in [0.3, 0.4) is 0 Å². The van der Waals surface area contributed by atoms with Crippen LogP contribution in [0.5, 0.6) is 0 Å². The Morgan fingerprint density at radius 3 is 2.67 bits per heavy atom. The van der Waals surface area contributed by atoms with Crippen LogP contribution >= 0.6 is 0 Å². The maximum Gasteiger partial charge on any atom is 0.215 e. The van der Waals surface area contributed by atoms with Gasteiger partial charge in [0.05, 0.1) is 12.4 Å². The van der Waals surface area contributed by atoms with Crippen LogP contribution in [0.2, 0.25) is 0 Å². The first kappa shape index (κ1) is 13.5. The Labute approximate surface area is 107 Å². The lowest BCUT2D eigenvalue weighted by Gasteiger charge is -2.20. The molecule has 1 unspecified atom stereocenters. The third-order valence-corrected chi connectivity index (χ3v) is 4.20. The van der Waals surface area contributed by atoms with Gasteiger partial charge in [-0.2, -0.15) is 0 Å². The molecule has 6 heteroatoms. The van der Waals surface area contributed by atoms with Crippen molar-refractivity contribution in [2.45, 2.75) is 17.8 Å². The summed E-state index contributed by atoms with van der Waals surface area (Å²) in [6.07, 6.45) is 0.459. The average Bonchev–Trinajstić information content (AvgIpc) is 2.76. The molecule has 2 N–H and O–H groups in total. The van der Waals surface area contributed by atoms with Crippen molar-refractivity contribution in [1.29, 1.82) is 0 Å². The average molecular weight is 271 g/mol. The maximum absolute atomic E-state index is 11.8. The fourth-order valence-corrected chi connectivity index (χ4v) is 3.05. The van der Waals surface area contributed by atoms with Crippen molar-refractivity contribution in [3.8, 4) is 0 Å². The molecule has 0 aliphatic carbocycles. The van der Waals surface area contributed by atoms with E-state index in [9.17, 15) is 13.5 Å². The first-order chi connectivity index (χ1) is 8.49. The molecule has 1 saturated heterocycles. The predicted octanol–water partition coefficient (Wildman–Crippen LogP) is 0.257. The molecule has 1 aliphatic rings. The smallest absolute Gasteiger partial charge is 0.215 e. The van der Waals surface area contributed by atoms with Crippen molar-refractivity contribution >= 4 is 10.0 Å². The zero-order chi connectivity index (χ0) is 13.1. The first-order valence-corrected chi connectivity index (χ1v) is 7.46. The van der Waals surface area contributed by atoms with Gasteiger partial charge in [0.1, 0.15) is 5.60 Å². The highest BCUT2D eigenvalue weighted by Crippen LogP contribution is 2.17. The molecule has 0 saturated carbocycles. The van der Waals surface area contributed by atoms with Crippen molar-refractivity contribution in [2.24, 2.45) is 0 Å². The van der Waals surface area contributed by atoms with E-state index >= 15 is 0 Å². The molecule has 18 heavy (non-hydrogen) atoms. The van der Waals surface area contributed by atoms with Crippen LogP contribution in [0, 0.1) is 0 Å². The monoisotopic (exact) mass is 271 g/mol. The normalized spacial score (nSPS) is 24.3. The number of ether oxygens (including phenoxy) is 1. The quantitative estimate of drug-likeness (QED) is 0.805. The Kier molecular flexibility index (Phi) is 4.01. The number of benzene rings is 1. The molecule has 5 nitrogen and oxygen atoms in total. The van der Waals surface area contributed by atoms with Crippen LogP contribution in [-0.4, -0.2) is 38.9 Å². The Hall–Kier alpha value is -0.950. The van der Waals surface area contributed by atoms with Gasteiger partial charge in [-0.1, -0.05) is 30.3 Å². The standard InChI is InChI=1S/C12H17NO4S/c14-12(6-7-17-10-12)9-13-18(15,16)8-11-4-2-1-3-5-11/h1-5,13-14H,6-10H2. The van der Waals surface area contributed by atoms with E-state index in [1.807, 2.05) is 6.07 Å². The van der Waals surface area contributed by atoms with Crippen molar-refractivity contribution in [2.75, 3.05) is 19.8 Å². The van der Waals surface area contributed by atoms with Crippen LogP contribution in [0.15, 0.2) is 30.3 Å². The van der Waals surface area contributed by atoms with E-state index in [1.165, 1.54) is 0 Å². The Balaban J connectivity index is 1.92. The molecule has 1 atom stereocenters. The summed E-state index contributed by atoms with van der Waals surface area (Å²) < 4.78 is 31.2. The second kappa shape index (κ2) is 5.36. The third kappa shape index (κ3) is 3.78. The van der Waals surface area contributed by atoms with Crippen molar-refractivity contribution < 1.29 is 18.3 Å². The van der Waals surface area contributed by atoms with Gasteiger partial charge in [-0.3, -0.25) is 0 Å². The number of aliphatic hydroxyl groups is 1. The summed E-state index contributed by atoms with van der Waals surface area (Å²) in [6, 6.07) is 8.94. The molecule has 0 amide bonds. The van der Waals surface area contributed by atoms with E-state index in [0.717, 1.165) is 5.56 Å². The minimum absolute atomic E-state index is 0.00215. The molecule has 0 bridgehead atoms. The van der Waals surface area contributed by atoms with Gasteiger partial charge >= 0.3 is 0 Å². The van der Waals surface area contributed by atoms with Crippen LogP contribution in [0.25, 0.3) is 0 Å². The van der Waals surface area contributed by atoms with Crippen molar-refractivity contribution in [3.63, 3.8) is 0 Å². The largest absolute Gasteiger partial charge is 0.386 e. The summed E-state index contributed by atoms with van der Waals surface area (Å²) in [5.41, 5.74) is -0.344. The Morgan fingerprint density at radius 1 is 1.33 bits per heavy atom. The second-order valence-electron chi connectivity index (χ2n) is 4.59. The first-order valence-electron chi connectivity index (χ1n) is 5.81. The summed E-state index contributed by atoms with van der Waals surface area (Å²) in [6.45, 7) is 0.653. The molecule has 0 radical (unpaired) electrons. The van der Waals surface area contributed by atoms with Gasteiger partial charge < -0.3 is 9.84 Å². The van der Waals surface area contributed by atoms with Gasteiger partial charge in [-0.05, 0) is 5.56 Å². The fourth-order valence-electron chi connectivity index (χ4n) is 1.82. The highest BCUT2D eigenvalue weighted by atomic mass is 32.2. The van der Waals surface area contributed by atoms with E-state index in [4.69, 9.17) is 4.74 Å². The van der Waals surface area contributed by atoms with Gasteiger partial charge in [-0.15, -0.1) is 0 Å². The van der Waals surface area contributed by atoms with E-state index in [0.29, 0.717) is 13.0 Å². The molecule has 1 aliphatic heterocycles. The van der Waals surface area contributed by atoms with Gasteiger partial charge in [0, 0.05) is 19.6 Å². The number of rotatable bonds is 5. The van der Waals surface area contributed by atoms with Gasteiger partial charge in [0.25, 0.3) is 0 Å². The topological polar surface area (TPSA) is 75.6 Å². The molecule has 1 aromatic carbocycles. The van der Waals surface area contributed by atoms with Crippen LogP contribution in [0.4, 0.5) is 0 Å². The lowest BCUT2D eigenvalue weighted by Crippen LogP contribution is -2.43. The summed E-state index contributed by atoms with van der Waals surface area (Å²) in [7, 11) is -3.43. The molecule has 1 aromatic rings. The molecule has 100 valence electrons. The molecule has 0 spiro atoms. The van der Waals surface area contributed by atoms with E-state index in [2.05, 4.69) is 4.72 Å². The summed E-state index contributed by atoms with van der Waals surface area (Å²) >= 11 is 0. The molecular formula is C12H17NO4S. The van der Waals surface area contributed by atoms with Crippen molar-refractivity contribution in [1.82, 2.24) is 4.72 Å². The summed E-state index contributed by atoms with van der Waals surface area (Å²) in [5, 5.41) is 9.97. The van der Waals surface area contributed by atoms with E-state index in [-0.39, 0.29) is 18.9 Å². The number of hydrogen-bond donors (Lipinski definition) is 2. The number of hydrogen-bond acceptors (Lipinski definition) is 4. The van der Waals surface area contributed by atoms with E-state index < -0.39 is 15.6 Å². The second-order valence-corrected chi connectivity index (χ2v) is 6.40. The minimum atomic E-state index is -3.43. The minimum Gasteiger partial charge on any atom is -0.386 e. The molecule has 1 heterocycles. The van der Waals surface area contributed by atoms with Crippen LogP contribution in [0.1, 0.15) is 12.0 Å². The zero-order valence-electron chi connectivity index (χ0n) is 10.0. The maximum atomic E-state index is 11.8. The number of nitrogens with one attached hydrogen (secondary N) is 1. The Morgan fingerprint density at radius 2 is 2.06 bits per heavy atom. The fraction of sp³-hybridized carbons (Fsp3) is 0.500. The third-order valence-electron chi connectivity index (χ3n) is 2.90. The van der Waals surface area contributed by atoms with Crippen LogP contribution < -0.4 is 4.72 Å². The lowest BCUT2D eigenvalue weighted by atomic mass is 10.1. The SMILES string of the molecule is O=S(=O)(Cc1ccccc1)NCC1(O)CCOC1. The molecule has 1 fully saturated rings. The highest BCUT2D eigenvalue weighted by Gasteiger charge is 2.33. The summed E-state index contributed by atoms with van der Waals surface area (Å²) in [4.78, 5) is 0. The van der Waals surface area contributed by atoms with Crippen LogP contribution in [-0.2, 0) is 20.5 Å². The zero-order valence-corrected chi connectivity index (χ0v) is 10.8. The molecule has 0 aromatic heterocycles. The molecular weight excluding hydrogens is 254 g/mol.